The SMILES string of the molecule is N#Cc1ccc(-n2ccc(OCCOc3ccccc3)cc2=O)cc1. The number of pyridine rings is 1. The largest absolute Gasteiger partial charge is 0.490 e. The summed E-state index contributed by atoms with van der Waals surface area (Å²) in [6.45, 7) is 0.734. The van der Waals surface area contributed by atoms with Crippen molar-refractivity contribution in [3.05, 3.63) is 88.8 Å². The first-order valence-corrected chi connectivity index (χ1v) is 7.80. The van der Waals surface area contributed by atoms with E-state index in [4.69, 9.17) is 14.7 Å². The van der Waals surface area contributed by atoms with Gasteiger partial charge in [-0.2, -0.15) is 5.26 Å². The molecule has 2 aromatic carbocycles. The van der Waals surface area contributed by atoms with E-state index in [2.05, 4.69) is 6.07 Å². The Bertz CT molecular complexity index is 926. The third kappa shape index (κ3) is 4.27. The second kappa shape index (κ2) is 7.84. The van der Waals surface area contributed by atoms with Gasteiger partial charge in [-0.3, -0.25) is 9.36 Å². The molecule has 0 N–H and O–H groups in total. The van der Waals surface area contributed by atoms with E-state index in [1.54, 1.807) is 36.5 Å². The van der Waals surface area contributed by atoms with Crippen LogP contribution < -0.4 is 15.0 Å². The van der Waals surface area contributed by atoms with E-state index >= 15 is 0 Å². The van der Waals surface area contributed by atoms with Gasteiger partial charge in [-0.1, -0.05) is 18.2 Å². The van der Waals surface area contributed by atoms with Crippen molar-refractivity contribution in [2.75, 3.05) is 13.2 Å². The Balaban J connectivity index is 1.60. The number of nitrogens with zero attached hydrogens (tertiary/aromatic N) is 2. The minimum absolute atomic E-state index is 0.203. The van der Waals surface area contributed by atoms with Crippen LogP contribution in [0.5, 0.6) is 11.5 Å². The first-order chi connectivity index (χ1) is 12.3. The van der Waals surface area contributed by atoms with Crippen LogP contribution in [0, 0.1) is 11.3 Å². The number of nitriles is 1. The summed E-state index contributed by atoms with van der Waals surface area (Å²) < 4.78 is 12.6. The molecule has 0 bridgehead atoms. The number of ether oxygens (including phenoxy) is 2. The standard InChI is InChI=1S/C20H16N2O3/c21-15-16-6-8-17(9-7-16)22-11-10-19(14-20(22)23)25-13-12-24-18-4-2-1-3-5-18/h1-11,14H,12-13H2. The van der Waals surface area contributed by atoms with E-state index in [9.17, 15) is 4.79 Å². The highest BCUT2D eigenvalue weighted by molar-refractivity contribution is 5.40. The van der Waals surface area contributed by atoms with Crippen molar-refractivity contribution in [3.8, 4) is 23.3 Å². The fourth-order valence-corrected chi connectivity index (χ4v) is 2.30. The van der Waals surface area contributed by atoms with Crippen molar-refractivity contribution in [2.45, 2.75) is 0 Å². The molecule has 5 heteroatoms. The number of para-hydroxylation sites is 1. The molecule has 0 radical (unpaired) electrons. The number of aromatic nitrogens is 1. The van der Waals surface area contributed by atoms with Crippen LogP contribution in [0.15, 0.2) is 77.7 Å². The minimum Gasteiger partial charge on any atom is -0.490 e. The predicted molar refractivity (Wildman–Crippen MR) is 94.2 cm³/mol. The molecule has 0 unspecified atom stereocenters. The van der Waals surface area contributed by atoms with Crippen LogP contribution in [0.25, 0.3) is 5.69 Å². The van der Waals surface area contributed by atoms with Crippen LogP contribution in [-0.2, 0) is 0 Å². The van der Waals surface area contributed by atoms with E-state index in [0.717, 1.165) is 5.75 Å². The summed E-state index contributed by atoms with van der Waals surface area (Å²) in [4.78, 5) is 12.2. The van der Waals surface area contributed by atoms with Gasteiger partial charge in [0.2, 0.25) is 0 Å². The number of hydrogen-bond donors (Lipinski definition) is 0. The van der Waals surface area contributed by atoms with Crippen LogP contribution in [0.3, 0.4) is 0 Å². The maximum Gasteiger partial charge on any atom is 0.258 e. The summed E-state index contributed by atoms with van der Waals surface area (Å²) in [6, 6.07) is 21.5. The maximum absolute atomic E-state index is 12.2. The first kappa shape index (κ1) is 16.3. The third-order valence-corrected chi connectivity index (χ3v) is 3.53. The van der Waals surface area contributed by atoms with Gasteiger partial charge < -0.3 is 9.47 Å². The number of benzene rings is 2. The highest BCUT2D eigenvalue weighted by atomic mass is 16.5. The molecule has 0 atom stereocenters. The van der Waals surface area contributed by atoms with Crippen molar-refractivity contribution in [1.29, 1.82) is 5.26 Å². The summed E-state index contributed by atoms with van der Waals surface area (Å²) in [7, 11) is 0. The molecule has 5 nitrogen and oxygen atoms in total. The first-order valence-electron chi connectivity index (χ1n) is 7.80. The lowest BCUT2D eigenvalue weighted by Crippen LogP contribution is -2.17. The van der Waals surface area contributed by atoms with Crippen molar-refractivity contribution in [2.24, 2.45) is 0 Å². The van der Waals surface area contributed by atoms with Gasteiger partial charge in [0.25, 0.3) is 5.56 Å². The third-order valence-electron chi connectivity index (χ3n) is 3.53. The Morgan fingerprint density at radius 2 is 1.56 bits per heavy atom. The zero-order chi connectivity index (χ0) is 17.5. The molecule has 0 saturated heterocycles. The van der Waals surface area contributed by atoms with Crippen LogP contribution in [-0.4, -0.2) is 17.8 Å². The molecule has 0 amide bonds. The monoisotopic (exact) mass is 332 g/mol. The minimum atomic E-state index is -0.203. The Hall–Kier alpha value is -3.52. The quantitative estimate of drug-likeness (QED) is 0.650. The lowest BCUT2D eigenvalue weighted by Gasteiger charge is -2.10. The average Bonchev–Trinajstić information content (AvgIpc) is 2.66. The molecule has 0 aliphatic rings. The smallest absolute Gasteiger partial charge is 0.258 e. The van der Waals surface area contributed by atoms with Gasteiger partial charge >= 0.3 is 0 Å². The van der Waals surface area contributed by atoms with E-state index in [-0.39, 0.29) is 5.56 Å². The zero-order valence-electron chi connectivity index (χ0n) is 13.5. The molecule has 3 rings (SSSR count). The molecule has 0 spiro atoms. The molecule has 0 aliphatic heterocycles. The molecule has 0 fully saturated rings. The highest BCUT2D eigenvalue weighted by Crippen LogP contribution is 2.12. The Kier molecular flexibility index (Phi) is 5.13. The van der Waals surface area contributed by atoms with Gasteiger partial charge in [-0.25, -0.2) is 0 Å². The van der Waals surface area contributed by atoms with E-state index in [1.807, 2.05) is 30.3 Å². The van der Waals surface area contributed by atoms with E-state index in [1.165, 1.54) is 10.6 Å². The molecule has 25 heavy (non-hydrogen) atoms. The summed E-state index contributed by atoms with van der Waals surface area (Å²) in [5.74, 6) is 1.27. The van der Waals surface area contributed by atoms with Crippen LogP contribution in [0.1, 0.15) is 5.56 Å². The molecular formula is C20H16N2O3. The molecule has 1 heterocycles. The normalized spacial score (nSPS) is 10.0. The highest BCUT2D eigenvalue weighted by Gasteiger charge is 2.03. The summed E-state index contributed by atoms with van der Waals surface area (Å²) >= 11 is 0. The fourth-order valence-electron chi connectivity index (χ4n) is 2.30. The molecule has 3 aromatic rings. The Morgan fingerprint density at radius 1 is 0.880 bits per heavy atom. The van der Waals surface area contributed by atoms with Gasteiger partial charge in [-0.15, -0.1) is 0 Å². The molecule has 124 valence electrons. The molecular weight excluding hydrogens is 316 g/mol. The topological polar surface area (TPSA) is 64.2 Å². The van der Waals surface area contributed by atoms with Gasteiger partial charge in [0.15, 0.2) is 0 Å². The fraction of sp³-hybridized carbons (Fsp3) is 0.100. The zero-order valence-corrected chi connectivity index (χ0v) is 13.5. The van der Waals surface area contributed by atoms with Crippen molar-refractivity contribution in [3.63, 3.8) is 0 Å². The molecule has 1 aromatic heterocycles. The molecule has 0 aliphatic carbocycles. The van der Waals surface area contributed by atoms with Crippen molar-refractivity contribution >= 4 is 0 Å². The van der Waals surface area contributed by atoms with Gasteiger partial charge in [0.05, 0.1) is 11.6 Å². The van der Waals surface area contributed by atoms with Gasteiger partial charge in [-0.05, 0) is 42.5 Å². The second-order valence-electron chi connectivity index (χ2n) is 5.24. The number of rotatable bonds is 6. The van der Waals surface area contributed by atoms with Crippen molar-refractivity contribution < 1.29 is 9.47 Å². The van der Waals surface area contributed by atoms with Crippen LogP contribution in [0.4, 0.5) is 0 Å². The second-order valence-corrected chi connectivity index (χ2v) is 5.24. The molecule has 0 saturated carbocycles. The van der Waals surface area contributed by atoms with E-state index < -0.39 is 0 Å². The Labute approximate surface area is 145 Å². The lowest BCUT2D eigenvalue weighted by atomic mass is 10.2. The van der Waals surface area contributed by atoms with Gasteiger partial charge in [0.1, 0.15) is 24.7 Å². The lowest BCUT2D eigenvalue weighted by molar-refractivity contribution is 0.217. The summed E-state index contributed by atoms with van der Waals surface area (Å²) in [5, 5.41) is 8.82. The Morgan fingerprint density at radius 3 is 2.20 bits per heavy atom. The number of hydrogen-bond acceptors (Lipinski definition) is 4. The summed E-state index contributed by atoms with van der Waals surface area (Å²) in [6.07, 6.45) is 1.65. The average molecular weight is 332 g/mol. The van der Waals surface area contributed by atoms with Crippen LogP contribution in [0.2, 0.25) is 0 Å². The van der Waals surface area contributed by atoms with Crippen molar-refractivity contribution in [1.82, 2.24) is 4.57 Å². The van der Waals surface area contributed by atoms with Gasteiger partial charge in [0, 0.05) is 18.0 Å². The summed E-state index contributed by atoms with van der Waals surface area (Å²) in [5.41, 5.74) is 1.05. The van der Waals surface area contributed by atoms with E-state index in [0.29, 0.717) is 30.2 Å². The maximum atomic E-state index is 12.2. The predicted octanol–water partition coefficient (Wildman–Crippen LogP) is 3.17. The van der Waals surface area contributed by atoms with Crippen LogP contribution >= 0.6 is 0 Å².